The van der Waals surface area contributed by atoms with Gasteiger partial charge in [-0.15, -0.1) is 11.3 Å². The molecule has 0 unspecified atom stereocenters. The fraction of sp³-hybridized carbons (Fsp3) is 0.300. The molecule has 0 saturated heterocycles. The van der Waals surface area contributed by atoms with Crippen LogP contribution in [0.25, 0.3) is 0 Å². The molecule has 0 saturated carbocycles. The Morgan fingerprint density at radius 1 is 1.56 bits per heavy atom. The molecule has 2 heterocycles. The fourth-order valence-electron chi connectivity index (χ4n) is 1.53. The van der Waals surface area contributed by atoms with E-state index in [1.807, 2.05) is 17.5 Å². The van der Waals surface area contributed by atoms with Crippen LogP contribution in [-0.2, 0) is 23.1 Å². The molecule has 2 aromatic heterocycles. The molecule has 0 bridgehead atoms. The number of aromatic nitrogens is 2. The Hall–Kier alpha value is -1.22. The van der Waals surface area contributed by atoms with Crippen molar-refractivity contribution < 1.29 is 8.42 Å². The summed E-state index contributed by atoms with van der Waals surface area (Å²) < 4.78 is 25.9. The average molecular weight is 286 g/mol. The minimum atomic E-state index is -3.57. The Bertz CT molecular complexity index is 604. The SMILES string of the molecule is CN(Cc1cccs1)S(=O)(=O)c1[nH]ncc1CN. The minimum Gasteiger partial charge on any atom is -0.326 e. The number of hydrogen-bond acceptors (Lipinski definition) is 5. The highest BCUT2D eigenvalue weighted by molar-refractivity contribution is 7.89. The van der Waals surface area contributed by atoms with Crippen molar-refractivity contribution in [3.05, 3.63) is 34.2 Å². The fourth-order valence-corrected chi connectivity index (χ4v) is 3.63. The maximum atomic E-state index is 12.3. The predicted molar refractivity (Wildman–Crippen MR) is 69.5 cm³/mol. The van der Waals surface area contributed by atoms with Crippen LogP contribution in [0.5, 0.6) is 0 Å². The van der Waals surface area contributed by atoms with Gasteiger partial charge in [0.25, 0.3) is 10.0 Å². The number of H-pyrrole nitrogens is 1. The predicted octanol–water partition coefficient (Wildman–Crippen LogP) is 0.751. The van der Waals surface area contributed by atoms with Crippen molar-refractivity contribution in [2.45, 2.75) is 18.1 Å². The van der Waals surface area contributed by atoms with E-state index in [-0.39, 0.29) is 11.6 Å². The second-order valence-corrected chi connectivity index (χ2v) is 6.78. The van der Waals surface area contributed by atoms with Gasteiger partial charge in [-0.05, 0) is 11.4 Å². The van der Waals surface area contributed by atoms with Gasteiger partial charge in [0.05, 0.1) is 6.20 Å². The summed E-state index contributed by atoms with van der Waals surface area (Å²) in [5.74, 6) is 0. The van der Waals surface area contributed by atoms with Crippen LogP contribution < -0.4 is 5.73 Å². The van der Waals surface area contributed by atoms with Crippen molar-refractivity contribution >= 4 is 21.4 Å². The zero-order chi connectivity index (χ0) is 13.2. The van der Waals surface area contributed by atoms with Gasteiger partial charge in [0, 0.05) is 30.6 Å². The monoisotopic (exact) mass is 286 g/mol. The lowest BCUT2D eigenvalue weighted by atomic mass is 10.4. The van der Waals surface area contributed by atoms with Crippen LogP contribution in [0.2, 0.25) is 0 Å². The van der Waals surface area contributed by atoms with Gasteiger partial charge >= 0.3 is 0 Å². The van der Waals surface area contributed by atoms with Crippen molar-refractivity contribution in [3.63, 3.8) is 0 Å². The first kappa shape index (κ1) is 13.2. The minimum absolute atomic E-state index is 0.0732. The molecular formula is C10H14N4O2S2. The van der Waals surface area contributed by atoms with Crippen molar-refractivity contribution in [1.29, 1.82) is 0 Å². The topological polar surface area (TPSA) is 92.1 Å². The van der Waals surface area contributed by atoms with Crippen LogP contribution in [0.3, 0.4) is 0 Å². The summed E-state index contributed by atoms with van der Waals surface area (Å²) in [5.41, 5.74) is 5.98. The number of nitrogens with two attached hydrogens (primary N) is 1. The largest absolute Gasteiger partial charge is 0.326 e. The molecule has 0 atom stereocenters. The second-order valence-electron chi connectivity index (χ2n) is 3.77. The van der Waals surface area contributed by atoms with E-state index in [4.69, 9.17) is 5.73 Å². The van der Waals surface area contributed by atoms with E-state index in [1.54, 1.807) is 0 Å². The van der Waals surface area contributed by atoms with E-state index in [9.17, 15) is 8.42 Å². The highest BCUT2D eigenvalue weighted by Gasteiger charge is 2.25. The number of sulfonamides is 1. The molecule has 98 valence electrons. The lowest BCUT2D eigenvalue weighted by molar-refractivity contribution is 0.465. The van der Waals surface area contributed by atoms with Gasteiger partial charge < -0.3 is 5.73 Å². The van der Waals surface area contributed by atoms with Crippen molar-refractivity contribution in [2.75, 3.05) is 7.05 Å². The first-order valence-corrected chi connectivity index (χ1v) is 7.58. The van der Waals surface area contributed by atoms with Crippen LogP contribution in [0.4, 0.5) is 0 Å². The zero-order valence-electron chi connectivity index (χ0n) is 9.83. The average Bonchev–Trinajstić information content (AvgIpc) is 2.98. The smallest absolute Gasteiger partial charge is 0.260 e. The Kier molecular flexibility index (Phi) is 3.81. The van der Waals surface area contributed by atoms with Crippen LogP contribution >= 0.6 is 11.3 Å². The molecule has 0 aliphatic carbocycles. The number of nitrogens with zero attached hydrogens (tertiary/aromatic N) is 2. The number of aromatic amines is 1. The lowest BCUT2D eigenvalue weighted by Gasteiger charge is -2.15. The molecule has 3 N–H and O–H groups in total. The molecule has 0 aliphatic rings. The molecule has 0 spiro atoms. The molecule has 8 heteroatoms. The van der Waals surface area contributed by atoms with Crippen LogP contribution in [-0.4, -0.2) is 30.0 Å². The summed E-state index contributed by atoms with van der Waals surface area (Å²) in [7, 11) is -2.03. The second kappa shape index (κ2) is 5.19. The van der Waals surface area contributed by atoms with Gasteiger partial charge in [-0.2, -0.15) is 9.40 Å². The van der Waals surface area contributed by atoms with E-state index in [1.165, 1.54) is 28.9 Å². The number of thiophene rings is 1. The van der Waals surface area contributed by atoms with Gasteiger partial charge in [0.15, 0.2) is 5.03 Å². The van der Waals surface area contributed by atoms with Crippen LogP contribution in [0, 0.1) is 0 Å². The third-order valence-corrected chi connectivity index (χ3v) is 5.21. The first-order chi connectivity index (χ1) is 8.55. The summed E-state index contributed by atoms with van der Waals surface area (Å²) in [5, 5.41) is 8.22. The van der Waals surface area contributed by atoms with E-state index >= 15 is 0 Å². The Labute approximate surface area is 109 Å². The molecular weight excluding hydrogens is 272 g/mol. The Morgan fingerprint density at radius 2 is 2.33 bits per heavy atom. The normalized spacial score (nSPS) is 12.2. The Balaban J connectivity index is 2.26. The summed E-state index contributed by atoms with van der Waals surface area (Å²) in [6.07, 6.45) is 1.44. The maximum absolute atomic E-state index is 12.3. The molecule has 18 heavy (non-hydrogen) atoms. The van der Waals surface area contributed by atoms with Crippen LogP contribution in [0.1, 0.15) is 10.4 Å². The zero-order valence-corrected chi connectivity index (χ0v) is 11.5. The molecule has 0 fully saturated rings. The van der Waals surface area contributed by atoms with Gasteiger partial charge in [-0.3, -0.25) is 5.10 Å². The molecule has 0 aromatic carbocycles. The third kappa shape index (κ3) is 2.46. The number of hydrogen-bond donors (Lipinski definition) is 2. The highest BCUT2D eigenvalue weighted by Crippen LogP contribution is 2.19. The molecule has 0 radical (unpaired) electrons. The van der Waals surface area contributed by atoms with E-state index in [0.717, 1.165) is 4.88 Å². The van der Waals surface area contributed by atoms with Gasteiger partial charge in [-0.1, -0.05) is 6.07 Å². The van der Waals surface area contributed by atoms with Crippen molar-refractivity contribution in [2.24, 2.45) is 5.73 Å². The third-order valence-electron chi connectivity index (χ3n) is 2.52. The van der Waals surface area contributed by atoms with E-state index in [2.05, 4.69) is 10.2 Å². The molecule has 6 nitrogen and oxygen atoms in total. The summed E-state index contributed by atoms with van der Waals surface area (Å²) in [6.45, 7) is 0.473. The first-order valence-electron chi connectivity index (χ1n) is 5.26. The maximum Gasteiger partial charge on any atom is 0.260 e. The van der Waals surface area contributed by atoms with E-state index < -0.39 is 10.0 Å². The lowest BCUT2D eigenvalue weighted by Crippen LogP contribution is -2.27. The summed E-state index contributed by atoms with van der Waals surface area (Å²) in [4.78, 5) is 0.981. The molecule has 2 aromatic rings. The quantitative estimate of drug-likeness (QED) is 0.848. The Morgan fingerprint density at radius 3 is 2.94 bits per heavy atom. The van der Waals surface area contributed by atoms with Crippen molar-refractivity contribution in [3.8, 4) is 0 Å². The van der Waals surface area contributed by atoms with Crippen LogP contribution in [0.15, 0.2) is 28.7 Å². The van der Waals surface area contributed by atoms with Crippen molar-refractivity contribution in [1.82, 2.24) is 14.5 Å². The summed E-state index contributed by atoms with van der Waals surface area (Å²) in [6, 6.07) is 3.79. The molecule has 2 rings (SSSR count). The van der Waals surface area contributed by atoms with E-state index in [0.29, 0.717) is 12.1 Å². The standard InChI is InChI=1S/C10H14N4O2S2/c1-14(7-9-3-2-4-17-9)18(15,16)10-8(5-11)6-12-13-10/h2-4,6H,5,7,11H2,1H3,(H,12,13). The van der Waals surface area contributed by atoms with Gasteiger partial charge in [0.1, 0.15) is 0 Å². The molecule has 0 aliphatic heterocycles. The highest BCUT2D eigenvalue weighted by atomic mass is 32.2. The molecule has 0 amide bonds. The number of nitrogens with one attached hydrogen (secondary N) is 1. The van der Waals surface area contributed by atoms with Gasteiger partial charge in [0.2, 0.25) is 0 Å². The number of rotatable bonds is 5. The summed E-state index contributed by atoms with van der Waals surface area (Å²) >= 11 is 1.52. The van der Waals surface area contributed by atoms with Gasteiger partial charge in [-0.25, -0.2) is 8.42 Å².